The van der Waals surface area contributed by atoms with Crippen LogP contribution < -0.4 is 11.7 Å². The Morgan fingerprint density at radius 1 is 0.630 bits per heavy atom. The van der Waals surface area contributed by atoms with E-state index in [1.54, 1.807) is 60.7 Å². The zero-order valence-corrected chi connectivity index (χ0v) is 25.3. The van der Waals surface area contributed by atoms with Crippen LogP contribution in [0.1, 0.15) is 57.3 Å². The van der Waals surface area contributed by atoms with Gasteiger partial charge in [-0.2, -0.15) is 10.2 Å². The number of nitrogens with two attached hydrogens (primary N) is 2. The van der Waals surface area contributed by atoms with Crippen LogP contribution in [0, 0.1) is 24.7 Å². The summed E-state index contributed by atoms with van der Waals surface area (Å²) < 4.78 is 0. The second-order valence-corrected chi connectivity index (χ2v) is 11.8. The molecule has 0 heterocycles. The van der Waals surface area contributed by atoms with E-state index in [2.05, 4.69) is 10.2 Å². The highest BCUT2D eigenvalue weighted by Crippen LogP contribution is 2.46. The van der Waals surface area contributed by atoms with Gasteiger partial charge in [0, 0.05) is 24.0 Å². The van der Waals surface area contributed by atoms with Gasteiger partial charge >= 0.3 is 11.9 Å². The fourth-order valence-electron chi connectivity index (χ4n) is 7.28. The molecule has 0 radical (unpaired) electrons. The summed E-state index contributed by atoms with van der Waals surface area (Å²) >= 11 is 0. The van der Waals surface area contributed by atoms with E-state index in [9.17, 15) is 19.8 Å². The number of hydrogen-bond donors (Lipinski definition) is 6. The van der Waals surface area contributed by atoms with E-state index in [4.69, 9.17) is 22.5 Å². The first kappa shape index (κ1) is 30.1. The molecule has 0 fully saturated rings. The van der Waals surface area contributed by atoms with Gasteiger partial charge in [-0.25, -0.2) is 0 Å². The van der Waals surface area contributed by atoms with E-state index < -0.39 is 22.8 Å². The van der Waals surface area contributed by atoms with E-state index in [1.807, 2.05) is 38.1 Å². The number of nitrogens with zero attached hydrogens (tertiary/aromatic N) is 2. The number of hydrogen-bond acceptors (Lipinski definition) is 8. The van der Waals surface area contributed by atoms with E-state index in [0.717, 1.165) is 22.3 Å². The number of carboxylic acids is 2. The topological polar surface area (TPSA) is 199 Å². The fourth-order valence-corrected chi connectivity index (χ4v) is 7.28. The Labute approximate surface area is 265 Å². The molecule has 4 aromatic carbocycles. The highest BCUT2D eigenvalue weighted by molar-refractivity contribution is 6.50. The Morgan fingerprint density at radius 3 is 1.33 bits per heavy atom. The van der Waals surface area contributed by atoms with Crippen LogP contribution in [0.25, 0.3) is 11.1 Å². The molecule has 0 bridgehead atoms. The summed E-state index contributed by atoms with van der Waals surface area (Å²) in [6.07, 6.45) is -0.125. The number of benzene rings is 4. The summed E-state index contributed by atoms with van der Waals surface area (Å²) in [7, 11) is 0. The van der Waals surface area contributed by atoms with Crippen molar-refractivity contribution in [2.24, 2.45) is 21.9 Å². The molecule has 6 rings (SSSR count). The molecule has 10 heteroatoms. The second-order valence-electron chi connectivity index (χ2n) is 11.8. The lowest BCUT2D eigenvalue weighted by atomic mass is 9.63. The second kappa shape index (κ2) is 10.9. The summed E-state index contributed by atoms with van der Waals surface area (Å²) in [5, 5.41) is 46.2. The van der Waals surface area contributed by atoms with Crippen LogP contribution in [0.15, 0.2) is 95.1 Å². The van der Waals surface area contributed by atoms with Crippen LogP contribution in [0.3, 0.4) is 0 Å². The van der Waals surface area contributed by atoms with Crippen molar-refractivity contribution in [2.45, 2.75) is 37.5 Å². The summed E-state index contributed by atoms with van der Waals surface area (Å²) in [4.78, 5) is 26.3. The van der Waals surface area contributed by atoms with Gasteiger partial charge in [0.2, 0.25) is 0 Å². The number of aliphatic carboxylic acids is 2. The number of fused-ring (bicyclic) bond motifs is 2. The largest absolute Gasteiger partial charge is 0.480 e. The Bertz CT molecular complexity index is 1920. The van der Waals surface area contributed by atoms with E-state index in [-0.39, 0.29) is 35.7 Å². The maximum Gasteiger partial charge on any atom is 0.319 e. The highest BCUT2D eigenvalue weighted by atomic mass is 16.4. The van der Waals surface area contributed by atoms with Gasteiger partial charge in [-0.15, -0.1) is 0 Å². The minimum atomic E-state index is -1.50. The van der Waals surface area contributed by atoms with Gasteiger partial charge in [0.1, 0.15) is 10.8 Å². The first-order chi connectivity index (χ1) is 22.0. The number of carbonyl (C=O) groups is 2. The maximum atomic E-state index is 13.1. The van der Waals surface area contributed by atoms with Crippen LogP contribution in [-0.2, 0) is 20.4 Å². The van der Waals surface area contributed by atoms with E-state index >= 15 is 0 Å². The number of aryl methyl sites for hydroxylation is 2. The molecule has 2 aliphatic rings. The third kappa shape index (κ3) is 4.17. The molecular weight excluding hydrogens is 580 g/mol. The molecule has 0 aromatic heterocycles. The van der Waals surface area contributed by atoms with Crippen molar-refractivity contribution in [1.29, 1.82) is 10.8 Å². The van der Waals surface area contributed by atoms with Crippen LogP contribution in [0.2, 0.25) is 0 Å². The molecule has 230 valence electrons. The Kier molecular flexibility index (Phi) is 7.15. The normalized spacial score (nSPS) is 22.4. The number of hydrazone groups is 2. The molecule has 46 heavy (non-hydrogen) atoms. The molecule has 10 nitrogen and oxygen atoms in total. The zero-order chi connectivity index (χ0) is 33.0. The summed E-state index contributed by atoms with van der Waals surface area (Å²) in [6.45, 7) is 3.71. The lowest BCUT2D eigenvalue weighted by Gasteiger charge is -2.38. The van der Waals surface area contributed by atoms with Crippen LogP contribution >= 0.6 is 0 Å². The molecule has 8 N–H and O–H groups in total. The van der Waals surface area contributed by atoms with Crippen molar-refractivity contribution in [1.82, 2.24) is 0 Å². The number of carboxylic acid groups (broad SMARTS) is 2. The smallest absolute Gasteiger partial charge is 0.319 e. The van der Waals surface area contributed by atoms with Crippen molar-refractivity contribution in [3.05, 3.63) is 129 Å². The monoisotopic (exact) mass is 612 g/mol. The minimum Gasteiger partial charge on any atom is -0.480 e. The molecular formula is C36H32N6O4. The highest BCUT2D eigenvalue weighted by Gasteiger charge is 2.51. The molecule has 0 saturated heterocycles. The zero-order valence-electron chi connectivity index (χ0n) is 25.3. The molecule has 2 aliphatic carbocycles. The van der Waals surface area contributed by atoms with Crippen LogP contribution in [0.4, 0.5) is 0 Å². The standard InChI is InChI=1S/C36H32N6O4/c1-19-15-21(11-13-25(19)35(33(43)44)17-29(41-39)31(37)23-7-3-5-9-27(23)35)22-12-14-26(20(2)16-22)36(34(45)46)18-30(42-40)32(38)24-8-4-6-10-28(24)36/h3-16,37-38H,17-18,39-40H2,1-2H3,(H,43,44)(H,45,46). The van der Waals surface area contributed by atoms with Gasteiger partial charge in [0.05, 0.1) is 22.8 Å². The molecule has 2 unspecified atom stereocenters. The van der Waals surface area contributed by atoms with Crippen LogP contribution in [-0.4, -0.2) is 45.0 Å². The maximum absolute atomic E-state index is 13.1. The molecule has 0 aliphatic heterocycles. The molecule has 4 aromatic rings. The minimum absolute atomic E-state index is 0.0625. The lowest BCUT2D eigenvalue weighted by molar-refractivity contribution is -0.143. The molecule has 2 atom stereocenters. The van der Waals surface area contributed by atoms with Gasteiger partial charge < -0.3 is 21.9 Å². The first-order valence-corrected chi connectivity index (χ1v) is 14.6. The fraction of sp³-hybridized carbons (Fsp3) is 0.167. The summed E-state index contributed by atoms with van der Waals surface area (Å²) in [5.74, 6) is 9.15. The molecule has 0 spiro atoms. The van der Waals surface area contributed by atoms with Crippen molar-refractivity contribution < 1.29 is 19.8 Å². The first-order valence-electron chi connectivity index (χ1n) is 14.6. The van der Waals surface area contributed by atoms with E-state index in [0.29, 0.717) is 33.4 Å². The van der Waals surface area contributed by atoms with Gasteiger partial charge in [-0.1, -0.05) is 84.9 Å². The van der Waals surface area contributed by atoms with Crippen molar-refractivity contribution in [3.63, 3.8) is 0 Å². The average molecular weight is 613 g/mol. The predicted octanol–water partition coefficient (Wildman–Crippen LogP) is 4.88. The van der Waals surface area contributed by atoms with Crippen molar-refractivity contribution in [3.8, 4) is 11.1 Å². The van der Waals surface area contributed by atoms with Crippen molar-refractivity contribution >= 4 is 34.8 Å². The summed E-state index contributed by atoms with van der Waals surface area (Å²) in [5.41, 5.74) is 3.86. The summed E-state index contributed by atoms with van der Waals surface area (Å²) in [6, 6.07) is 25.1. The molecule has 0 amide bonds. The lowest BCUT2D eigenvalue weighted by Crippen LogP contribution is -2.46. The number of nitrogens with one attached hydrogen (secondary N) is 2. The average Bonchev–Trinajstić information content (AvgIpc) is 3.05. The Morgan fingerprint density at radius 2 is 1.00 bits per heavy atom. The SMILES string of the molecule is Cc1cc(-c2ccc(C3(C(=O)O)CC(=NN)C(=N)c4ccccc43)c(C)c2)ccc1C1(C(=O)O)CC(=NN)C(=N)c2ccccc21. The third-order valence-corrected chi connectivity index (χ3v) is 9.50. The Hall–Kier alpha value is -5.90. The quantitative estimate of drug-likeness (QED) is 0.137. The Balaban J connectivity index is 1.47. The third-order valence-electron chi connectivity index (χ3n) is 9.50. The van der Waals surface area contributed by atoms with Crippen molar-refractivity contribution in [2.75, 3.05) is 0 Å². The van der Waals surface area contributed by atoms with Gasteiger partial charge in [-0.3, -0.25) is 20.4 Å². The molecule has 0 saturated carbocycles. The van der Waals surface area contributed by atoms with Gasteiger partial charge in [-0.05, 0) is 58.4 Å². The van der Waals surface area contributed by atoms with Gasteiger partial charge in [0.15, 0.2) is 0 Å². The van der Waals surface area contributed by atoms with Crippen LogP contribution in [0.5, 0.6) is 0 Å². The van der Waals surface area contributed by atoms with E-state index in [1.165, 1.54) is 0 Å². The predicted molar refractivity (Wildman–Crippen MR) is 177 cm³/mol. The number of rotatable bonds is 5. The van der Waals surface area contributed by atoms with Gasteiger partial charge in [0.25, 0.3) is 0 Å².